The number of hydrogen-bond acceptors (Lipinski definition) is 5. The maximum Gasteiger partial charge on any atom is 0.191 e. The van der Waals surface area contributed by atoms with Gasteiger partial charge in [-0.1, -0.05) is 0 Å². The van der Waals surface area contributed by atoms with Gasteiger partial charge < -0.3 is 20.1 Å². The summed E-state index contributed by atoms with van der Waals surface area (Å²) in [6.45, 7) is 6.50. The summed E-state index contributed by atoms with van der Waals surface area (Å²) >= 11 is 0. The van der Waals surface area contributed by atoms with Gasteiger partial charge in [0.1, 0.15) is 18.7 Å². The lowest BCUT2D eigenvalue weighted by molar-refractivity contribution is 0.0168. The number of nitrogens with zero attached hydrogens (tertiary/aromatic N) is 4. The Bertz CT molecular complexity index is 470. The number of guanidine groups is 1. The van der Waals surface area contributed by atoms with Crippen LogP contribution in [0.3, 0.4) is 0 Å². The van der Waals surface area contributed by atoms with E-state index >= 15 is 0 Å². The highest BCUT2D eigenvalue weighted by atomic mass is 16.5. The van der Waals surface area contributed by atoms with E-state index in [1.165, 1.54) is 6.33 Å². The molecule has 0 aromatic carbocycles. The van der Waals surface area contributed by atoms with Gasteiger partial charge in [0.2, 0.25) is 0 Å². The van der Waals surface area contributed by atoms with Crippen molar-refractivity contribution in [3.63, 3.8) is 0 Å². The minimum absolute atomic E-state index is 0.299. The first-order chi connectivity index (χ1) is 11.3. The van der Waals surface area contributed by atoms with Crippen LogP contribution in [0.25, 0.3) is 0 Å². The molecule has 130 valence electrons. The quantitative estimate of drug-likeness (QED) is 0.390. The lowest BCUT2D eigenvalue weighted by Gasteiger charge is -2.12. The average Bonchev–Trinajstić information content (AvgIpc) is 3.20. The van der Waals surface area contributed by atoms with Gasteiger partial charge in [-0.05, 0) is 26.2 Å². The second-order valence-electron chi connectivity index (χ2n) is 5.49. The van der Waals surface area contributed by atoms with Crippen LogP contribution >= 0.6 is 0 Å². The van der Waals surface area contributed by atoms with Crippen LogP contribution in [0.2, 0.25) is 0 Å². The predicted octanol–water partition coefficient (Wildman–Crippen LogP) is 0.456. The van der Waals surface area contributed by atoms with E-state index in [4.69, 9.17) is 9.47 Å². The minimum atomic E-state index is 0.299. The zero-order valence-corrected chi connectivity index (χ0v) is 14.1. The van der Waals surface area contributed by atoms with Gasteiger partial charge in [0.15, 0.2) is 5.96 Å². The molecule has 8 nitrogen and oxygen atoms in total. The summed E-state index contributed by atoms with van der Waals surface area (Å²) in [6, 6.07) is 0. The van der Waals surface area contributed by atoms with Crippen molar-refractivity contribution in [1.29, 1.82) is 0 Å². The van der Waals surface area contributed by atoms with Gasteiger partial charge >= 0.3 is 0 Å². The smallest absolute Gasteiger partial charge is 0.191 e. The van der Waals surface area contributed by atoms with E-state index in [-0.39, 0.29) is 0 Å². The van der Waals surface area contributed by atoms with Crippen molar-refractivity contribution in [2.45, 2.75) is 38.8 Å². The fourth-order valence-corrected chi connectivity index (χ4v) is 2.33. The molecule has 0 bridgehead atoms. The summed E-state index contributed by atoms with van der Waals surface area (Å²) in [7, 11) is 1.86. The molecule has 0 aliphatic carbocycles. The molecule has 2 heterocycles. The molecule has 0 spiro atoms. The molecule has 1 aromatic heterocycles. The first kappa shape index (κ1) is 17.7. The van der Waals surface area contributed by atoms with Crippen molar-refractivity contribution in [2.75, 3.05) is 32.9 Å². The summed E-state index contributed by atoms with van der Waals surface area (Å²) in [5.41, 5.74) is 0. The number of nitrogens with one attached hydrogen (secondary N) is 2. The monoisotopic (exact) mass is 324 g/mol. The summed E-state index contributed by atoms with van der Waals surface area (Å²) in [5, 5.41) is 10.6. The van der Waals surface area contributed by atoms with Gasteiger partial charge in [0.05, 0.1) is 12.7 Å². The van der Waals surface area contributed by atoms with Crippen LogP contribution in [-0.2, 0) is 23.1 Å². The zero-order chi connectivity index (χ0) is 16.3. The van der Waals surface area contributed by atoms with Gasteiger partial charge in [-0.2, -0.15) is 5.10 Å². The molecule has 1 atom stereocenters. The molecule has 2 N–H and O–H groups in total. The molecule has 1 unspecified atom stereocenters. The van der Waals surface area contributed by atoms with Crippen LogP contribution in [0.15, 0.2) is 11.3 Å². The summed E-state index contributed by atoms with van der Waals surface area (Å²) in [5.74, 6) is 1.62. The van der Waals surface area contributed by atoms with Crippen molar-refractivity contribution in [2.24, 2.45) is 12.0 Å². The van der Waals surface area contributed by atoms with E-state index in [1.807, 2.05) is 14.0 Å². The summed E-state index contributed by atoms with van der Waals surface area (Å²) in [6.07, 6.45) is 5.05. The highest BCUT2D eigenvalue weighted by Gasteiger charge is 2.14. The third-order valence-corrected chi connectivity index (χ3v) is 3.61. The molecule has 1 fully saturated rings. The van der Waals surface area contributed by atoms with Gasteiger partial charge in [-0.3, -0.25) is 4.68 Å². The van der Waals surface area contributed by atoms with Gasteiger partial charge in [-0.15, -0.1) is 0 Å². The molecule has 0 amide bonds. The number of hydrogen-bond donors (Lipinski definition) is 2. The Morgan fingerprint density at radius 2 is 2.43 bits per heavy atom. The van der Waals surface area contributed by atoms with Crippen LogP contribution < -0.4 is 10.6 Å². The average molecular weight is 324 g/mol. The standard InChI is InChI=1S/C15H28N6O2/c1-3-16-15(18-10-14-19-12-20-21(14)2)17-7-5-8-22-11-13-6-4-9-23-13/h12-13H,3-11H2,1-2H3,(H2,16,17,18). The number of aromatic nitrogens is 3. The van der Waals surface area contributed by atoms with Crippen molar-refractivity contribution < 1.29 is 9.47 Å². The normalized spacial score (nSPS) is 18.3. The predicted molar refractivity (Wildman–Crippen MR) is 88.2 cm³/mol. The molecule has 1 aliphatic rings. The molecule has 1 aromatic rings. The Morgan fingerprint density at radius 3 is 3.13 bits per heavy atom. The lowest BCUT2D eigenvalue weighted by atomic mass is 10.2. The molecule has 2 rings (SSSR count). The molecule has 23 heavy (non-hydrogen) atoms. The Labute approximate surface area is 137 Å². The summed E-state index contributed by atoms with van der Waals surface area (Å²) < 4.78 is 12.9. The molecule has 0 saturated carbocycles. The Kier molecular flexibility index (Phi) is 7.82. The second-order valence-corrected chi connectivity index (χ2v) is 5.49. The Morgan fingerprint density at radius 1 is 1.52 bits per heavy atom. The number of rotatable bonds is 9. The van der Waals surface area contributed by atoms with E-state index in [2.05, 4.69) is 25.7 Å². The third kappa shape index (κ3) is 6.54. The maximum atomic E-state index is 5.65. The van der Waals surface area contributed by atoms with Crippen molar-refractivity contribution in [3.8, 4) is 0 Å². The van der Waals surface area contributed by atoms with Crippen LogP contribution in [0, 0.1) is 0 Å². The highest BCUT2D eigenvalue weighted by molar-refractivity contribution is 5.79. The number of aryl methyl sites for hydroxylation is 1. The Balaban J connectivity index is 1.60. The first-order valence-corrected chi connectivity index (χ1v) is 8.34. The van der Waals surface area contributed by atoms with Gasteiger partial charge in [0, 0.05) is 33.4 Å². The van der Waals surface area contributed by atoms with E-state index in [1.54, 1.807) is 4.68 Å². The van der Waals surface area contributed by atoms with E-state index in [0.29, 0.717) is 19.3 Å². The molecular formula is C15H28N6O2. The molecule has 1 saturated heterocycles. The number of aliphatic imine (C=N–C) groups is 1. The fourth-order valence-electron chi connectivity index (χ4n) is 2.33. The van der Waals surface area contributed by atoms with Crippen molar-refractivity contribution in [3.05, 3.63) is 12.2 Å². The van der Waals surface area contributed by atoms with Crippen molar-refractivity contribution >= 4 is 5.96 Å². The molecular weight excluding hydrogens is 296 g/mol. The second kappa shape index (κ2) is 10.2. The van der Waals surface area contributed by atoms with Gasteiger partial charge in [0.25, 0.3) is 0 Å². The van der Waals surface area contributed by atoms with Crippen LogP contribution in [0.5, 0.6) is 0 Å². The van der Waals surface area contributed by atoms with E-state index < -0.39 is 0 Å². The first-order valence-electron chi connectivity index (χ1n) is 8.34. The largest absolute Gasteiger partial charge is 0.379 e. The maximum absolute atomic E-state index is 5.65. The molecule has 0 radical (unpaired) electrons. The highest BCUT2D eigenvalue weighted by Crippen LogP contribution is 2.11. The van der Waals surface area contributed by atoms with Gasteiger partial charge in [-0.25, -0.2) is 9.98 Å². The van der Waals surface area contributed by atoms with Crippen LogP contribution in [0.1, 0.15) is 32.0 Å². The summed E-state index contributed by atoms with van der Waals surface area (Å²) in [4.78, 5) is 8.67. The molecule has 1 aliphatic heterocycles. The Hall–Kier alpha value is -1.67. The minimum Gasteiger partial charge on any atom is -0.379 e. The van der Waals surface area contributed by atoms with Crippen molar-refractivity contribution in [1.82, 2.24) is 25.4 Å². The topological polar surface area (TPSA) is 85.6 Å². The lowest BCUT2D eigenvalue weighted by Crippen LogP contribution is -2.38. The zero-order valence-electron chi connectivity index (χ0n) is 14.1. The van der Waals surface area contributed by atoms with Crippen LogP contribution in [0.4, 0.5) is 0 Å². The van der Waals surface area contributed by atoms with E-state index in [9.17, 15) is 0 Å². The molecule has 8 heteroatoms. The SMILES string of the molecule is CCNC(=NCc1ncnn1C)NCCCOCC1CCCO1. The van der Waals surface area contributed by atoms with E-state index in [0.717, 1.165) is 57.3 Å². The van der Waals surface area contributed by atoms with Crippen LogP contribution in [-0.4, -0.2) is 59.7 Å². The fraction of sp³-hybridized carbons (Fsp3) is 0.800. The number of ether oxygens (including phenoxy) is 2. The third-order valence-electron chi connectivity index (χ3n) is 3.61.